The molecule has 1 amide bonds. The largest absolute Gasteiger partial charge is 0.439 e. The van der Waals surface area contributed by atoms with Crippen LogP contribution in [0.1, 0.15) is 18.6 Å². The quantitative estimate of drug-likeness (QED) is 0.831. The van der Waals surface area contributed by atoms with E-state index in [-0.39, 0.29) is 0 Å². The zero-order valence-electron chi connectivity index (χ0n) is 8.18. The number of nitrogens with two attached hydrogens (primary N) is 1. The molecule has 0 saturated carbocycles. The second-order valence-electron chi connectivity index (χ2n) is 3.12. The van der Waals surface area contributed by atoms with Crippen molar-refractivity contribution in [1.82, 2.24) is 0 Å². The zero-order chi connectivity index (χ0) is 11.4. The maximum atomic E-state index is 10.6. The Labute approximate surface area is 92.6 Å². The molecule has 1 aromatic carbocycles. The molecule has 0 saturated heterocycles. The van der Waals surface area contributed by atoms with Crippen molar-refractivity contribution in [2.24, 2.45) is 5.73 Å². The molecular formula is C10H12ClNO3. The van der Waals surface area contributed by atoms with Gasteiger partial charge in [0.15, 0.2) is 6.10 Å². The van der Waals surface area contributed by atoms with Crippen LogP contribution in [0.3, 0.4) is 0 Å². The predicted molar refractivity (Wildman–Crippen MR) is 56.5 cm³/mol. The molecule has 1 aromatic rings. The third kappa shape index (κ3) is 3.11. The molecule has 0 fully saturated rings. The van der Waals surface area contributed by atoms with E-state index in [1.807, 2.05) is 0 Å². The molecule has 0 bridgehead atoms. The van der Waals surface area contributed by atoms with Crippen molar-refractivity contribution in [3.63, 3.8) is 0 Å². The SMILES string of the molecule is C[C@@H](O)[C@H](OC(N)=O)c1ccccc1Cl. The van der Waals surface area contributed by atoms with Gasteiger partial charge in [0.2, 0.25) is 0 Å². The van der Waals surface area contributed by atoms with E-state index >= 15 is 0 Å². The van der Waals surface area contributed by atoms with Crippen LogP contribution in [0.15, 0.2) is 24.3 Å². The summed E-state index contributed by atoms with van der Waals surface area (Å²) in [5, 5.41) is 9.87. The van der Waals surface area contributed by atoms with Crippen LogP contribution >= 0.6 is 11.6 Å². The summed E-state index contributed by atoms with van der Waals surface area (Å²) >= 11 is 5.90. The van der Waals surface area contributed by atoms with Gasteiger partial charge >= 0.3 is 6.09 Å². The number of hydrogen-bond donors (Lipinski definition) is 2. The molecule has 82 valence electrons. The minimum atomic E-state index is -0.944. The van der Waals surface area contributed by atoms with Crippen molar-refractivity contribution < 1.29 is 14.6 Å². The van der Waals surface area contributed by atoms with Crippen LogP contribution in [0.4, 0.5) is 4.79 Å². The van der Waals surface area contributed by atoms with Gasteiger partial charge in [-0.05, 0) is 13.0 Å². The van der Waals surface area contributed by atoms with Gasteiger partial charge < -0.3 is 15.6 Å². The first-order chi connectivity index (χ1) is 7.02. The molecule has 3 N–H and O–H groups in total. The molecule has 0 aliphatic rings. The summed E-state index contributed by atoms with van der Waals surface area (Å²) in [4.78, 5) is 10.6. The lowest BCUT2D eigenvalue weighted by Gasteiger charge is -2.20. The van der Waals surface area contributed by atoms with Crippen LogP contribution in [0.2, 0.25) is 5.02 Å². The fraction of sp³-hybridized carbons (Fsp3) is 0.300. The lowest BCUT2D eigenvalue weighted by Crippen LogP contribution is -2.25. The van der Waals surface area contributed by atoms with Gasteiger partial charge in [-0.3, -0.25) is 0 Å². The summed E-state index contributed by atoms with van der Waals surface area (Å²) in [6.07, 6.45) is -2.66. The summed E-state index contributed by atoms with van der Waals surface area (Å²) in [5.41, 5.74) is 5.44. The molecular weight excluding hydrogens is 218 g/mol. The first-order valence-corrected chi connectivity index (χ1v) is 4.78. The highest BCUT2D eigenvalue weighted by atomic mass is 35.5. The fourth-order valence-corrected chi connectivity index (χ4v) is 1.50. The van der Waals surface area contributed by atoms with E-state index in [1.165, 1.54) is 6.92 Å². The Morgan fingerprint density at radius 3 is 2.60 bits per heavy atom. The van der Waals surface area contributed by atoms with Crippen molar-refractivity contribution in [3.05, 3.63) is 34.9 Å². The molecule has 15 heavy (non-hydrogen) atoms. The second kappa shape index (κ2) is 5.00. The van der Waals surface area contributed by atoms with Crippen LogP contribution < -0.4 is 5.73 Å². The molecule has 5 heteroatoms. The van der Waals surface area contributed by atoms with E-state index in [0.717, 1.165) is 0 Å². The Balaban J connectivity index is 2.99. The van der Waals surface area contributed by atoms with Crippen molar-refractivity contribution in [2.75, 3.05) is 0 Å². The van der Waals surface area contributed by atoms with E-state index in [0.29, 0.717) is 10.6 Å². The first-order valence-electron chi connectivity index (χ1n) is 4.41. The number of carbonyl (C=O) groups excluding carboxylic acids is 1. The molecule has 2 atom stereocenters. The number of rotatable bonds is 3. The van der Waals surface area contributed by atoms with Gasteiger partial charge in [0, 0.05) is 10.6 Å². The number of halogens is 1. The van der Waals surface area contributed by atoms with Crippen molar-refractivity contribution in [2.45, 2.75) is 19.1 Å². The molecule has 4 nitrogen and oxygen atoms in total. The third-order valence-corrected chi connectivity index (χ3v) is 2.24. The van der Waals surface area contributed by atoms with Gasteiger partial charge in [-0.25, -0.2) is 4.79 Å². The predicted octanol–water partition coefficient (Wildman–Crippen LogP) is 1.86. The normalized spacial score (nSPS) is 14.3. The van der Waals surface area contributed by atoms with Gasteiger partial charge in [0.05, 0.1) is 6.10 Å². The summed E-state index contributed by atoms with van der Waals surface area (Å²) in [6, 6.07) is 6.80. The lowest BCUT2D eigenvalue weighted by atomic mass is 10.1. The molecule has 0 heterocycles. The van der Waals surface area contributed by atoms with Crippen LogP contribution in [0.25, 0.3) is 0 Å². The molecule has 1 rings (SSSR count). The molecule has 0 radical (unpaired) electrons. The van der Waals surface area contributed by atoms with Gasteiger partial charge in [-0.1, -0.05) is 29.8 Å². The Morgan fingerprint density at radius 2 is 2.13 bits per heavy atom. The maximum Gasteiger partial charge on any atom is 0.405 e. The molecule has 0 aliphatic heterocycles. The minimum absolute atomic E-state index is 0.421. The number of ether oxygens (including phenoxy) is 1. The minimum Gasteiger partial charge on any atom is -0.439 e. The number of aliphatic hydroxyl groups excluding tert-OH is 1. The summed E-state index contributed by atoms with van der Waals surface area (Å²) in [7, 11) is 0. The van der Waals surface area contributed by atoms with E-state index in [2.05, 4.69) is 0 Å². The van der Waals surface area contributed by atoms with Gasteiger partial charge in [-0.2, -0.15) is 0 Å². The second-order valence-corrected chi connectivity index (χ2v) is 3.53. The van der Waals surface area contributed by atoms with Crippen LogP contribution in [-0.4, -0.2) is 17.3 Å². The van der Waals surface area contributed by atoms with E-state index in [9.17, 15) is 9.90 Å². The maximum absolute atomic E-state index is 10.6. The Hall–Kier alpha value is -1.26. The summed E-state index contributed by atoms with van der Waals surface area (Å²) in [5.74, 6) is 0. The molecule has 0 unspecified atom stereocenters. The van der Waals surface area contributed by atoms with E-state index in [1.54, 1.807) is 24.3 Å². The van der Waals surface area contributed by atoms with Crippen molar-refractivity contribution >= 4 is 17.7 Å². The Bertz CT molecular complexity index is 354. The standard InChI is InChI=1S/C10H12ClNO3/c1-6(13)9(15-10(12)14)7-4-2-3-5-8(7)11/h2-6,9,13H,1H3,(H2,12,14)/t6-,9+/m1/s1. The Kier molecular flexibility index (Phi) is 3.94. The van der Waals surface area contributed by atoms with Gasteiger partial charge in [-0.15, -0.1) is 0 Å². The highest BCUT2D eigenvalue weighted by Gasteiger charge is 2.22. The molecule has 0 aromatic heterocycles. The summed E-state index contributed by atoms with van der Waals surface area (Å²) < 4.78 is 4.78. The van der Waals surface area contributed by atoms with E-state index < -0.39 is 18.3 Å². The average molecular weight is 230 g/mol. The van der Waals surface area contributed by atoms with Crippen LogP contribution in [0.5, 0.6) is 0 Å². The highest BCUT2D eigenvalue weighted by molar-refractivity contribution is 6.31. The summed E-state index contributed by atoms with van der Waals surface area (Å²) in [6.45, 7) is 1.50. The van der Waals surface area contributed by atoms with E-state index in [4.69, 9.17) is 22.1 Å². The number of benzene rings is 1. The molecule has 0 spiro atoms. The van der Waals surface area contributed by atoms with Crippen LogP contribution in [-0.2, 0) is 4.74 Å². The van der Waals surface area contributed by atoms with Gasteiger partial charge in [0.1, 0.15) is 0 Å². The fourth-order valence-electron chi connectivity index (χ4n) is 1.25. The zero-order valence-corrected chi connectivity index (χ0v) is 8.94. The molecule has 0 aliphatic carbocycles. The first kappa shape index (κ1) is 11.8. The third-order valence-electron chi connectivity index (χ3n) is 1.89. The van der Waals surface area contributed by atoms with Crippen LogP contribution in [0, 0.1) is 0 Å². The van der Waals surface area contributed by atoms with Crippen molar-refractivity contribution in [3.8, 4) is 0 Å². The highest BCUT2D eigenvalue weighted by Crippen LogP contribution is 2.27. The number of hydrogen-bond acceptors (Lipinski definition) is 3. The smallest absolute Gasteiger partial charge is 0.405 e. The Morgan fingerprint density at radius 1 is 1.53 bits per heavy atom. The number of carbonyl (C=O) groups is 1. The lowest BCUT2D eigenvalue weighted by molar-refractivity contribution is 0.0148. The number of aliphatic hydroxyl groups is 1. The van der Waals surface area contributed by atoms with Gasteiger partial charge in [0.25, 0.3) is 0 Å². The van der Waals surface area contributed by atoms with Crippen molar-refractivity contribution in [1.29, 1.82) is 0 Å². The topological polar surface area (TPSA) is 72.6 Å². The number of amides is 1. The number of primary amides is 1. The monoisotopic (exact) mass is 229 g/mol. The average Bonchev–Trinajstić information content (AvgIpc) is 2.15.